The first-order valence-corrected chi connectivity index (χ1v) is 8.25. The van der Waals surface area contributed by atoms with Gasteiger partial charge in [0.1, 0.15) is 5.82 Å². The Morgan fingerprint density at radius 1 is 0.952 bits per heavy atom. The Bertz CT molecular complexity index is 351. The highest BCUT2D eigenvalue weighted by atomic mass is 19.1. The quantitative estimate of drug-likeness (QED) is 0.549. The SMILES string of the molecule is CCCCCCCCOCCCC(O)c1ccc(F)cc1. The molecule has 120 valence electrons. The summed E-state index contributed by atoms with van der Waals surface area (Å²) in [6, 6.07) is 6.04. The third kappa shape index (κ3) is 8.84. The maximum absolute atomic E-state index is 12.8. The molecule has 1 N–H and O–H groups in total. The zero-order valence-corrected chi connectivity index (χ0v) is 13.2. The minimum absolute atomic E-state index is 0.270. The van der Waals surface area contributed by atoms with Gasteiger partial charge in [-0.15, -0.1) is 0 Å². The van der Waals surface area contributed by atoms with E-state index in [2.05, 4.69) is 6.92 Å². The van der Waals surface area contributed by atoms with Gasteiger partial charge in [0.15, 0.2) is 0 Å². The Balaban J connectivity index is 1.95. The summed E-state index contributed by atoms with van der Waals surface area (Å²) in [5.74, 6) is -0.270. The number of hydrogen-bond donors (Lipinski definition) is 1. The average Bonchev–Trinajstić information content (AvgIpc) is 2.49. The van der Waals surface area contributed by atoms with E-state index in [0.717, 1.165) is 25.0 Å². The monoisotopic (exact) mass is 296 g/mol. The Labute approximate surface area is 128 Å². The fourth-order valence-corrected chi connectivity index (χ4v) is 2.32. The highest BCUT2D eigenvalue weighted by Gasteiger charge is 2.06. The predicted octanol–water partition coefficient (Wildman–Crippen LogP) is 5.02. The number of rotatable bonds is 12. The molecule has 1 rings (SSSR count). The molecule has 0 aromatic heterocycles. The molecule has 1 aromatic carbocycles. The molecule has 1 unspecified atom stereocenters. The summed E-state index contributed by atoms with van der Waals surface area (Å²) in [5.41, 5.74) is 0.771. The predicted molar refractivity (Wildman–Crippen MR) is 84.8 cm³/mol. The third-order valence-electron chi connectivity index (χ3n) is 3.66. The molecular formula is C18H29FO2. The van der Waals surface area contributed by atoms with Gasteiger partial charge in [0, 0.05) is 13.2 Å². The first-order valence-electron chi connectivity index (χ1n) is 8.25. The van der Waals surface area contributed by atoms with E-state index >= 15 is 0 Å². The lowest BCUT2D eigenvalue weighted by molar-refractivity contribution is 0.104. The second-order valence-electron chi connectivity index (χ2n) is 5.59. The molecule has 3 heteroatoms. The lowest BCUT2D eigenvalue weighted by atomic mass is 10.1. The van der Waals surface area contributed by atoms with Gasteiger partial charge in [0.05, 0.1) is 6.10 Å². The number of benzene rings is 1. The van der Waals surface area contributed by atoms with E-state index in [1.54, 1.807) is 12.1 Å². The van der Waals surface area contributed by atoms with Crippen molar-refractivity contribution >= 4 is 0 Å². The lowest BCUT2D eigenvalue weighted by Gasteiger charge is -2.11. The number of aliphatic hydroxyl groups excluding tert-OH is 1. The van der Waals surface area contributed by atoms with E-state index in [1.807, 2.05) is 0 Å². The second kappa shape index (κ2) is 11.7. The van der Waals surface area contributed by atoms with E-state index < -0.39 is 6.10 Å². The van der Waals surface area contributed by atoms with Gasteiger partial charge >= 0.3 is 0 Å². The fraction of sp³-hybridized carbons (Fsp3) is 0.667. The molecule has 0 spiro atoms. The maximum Gasteiger partial charge on any atom is 0.123 e. The lowest BCUT2D eigenvalue weighted by Crippen LogP contribution is -2.02. The third-order valence-corrected chi connectivity index (χ3v) is 3.66. The summed E-state index contributed by atoms with van der Waals surface area (Å²) in [5, 5.41) is 9.96. The van der Waals surface area contributed by atoms with Crippen molar-refractivity contribution in [3.05, 3.63) is 35.6 Å². The number of halogens is 1. The van der Waals surface area contributed by atoms with Gasteiger partial charge in [-0.05, 0) is 37.0 Å². The van der Waals surface area contributed by atoms with E-state index in [0.29, 0.717) is 13.0 Å². The van der Waals surface area contributed by atoms with Gasteiger partial charge in [0.2, 0.25) is 0 Å². The maximum atomic E-state index is 12.8. The van der Waals surface area contributed by atoms with Crippen LogP contribution in [-0.2, 0) is 4.74 Å². The van der Waals surface area contributed by atoms with Gasteiger partial charge in [-0.3, -0.25) is 0 Å². The van der Waals surface area contributed by atoms with E-state index in [4.69, 9.17) is 4.74 Å². The highest BCUT2D eigenvalue weighted by Crippen LogP contribution is 2.18. The standard InChI is InChI=1S/C18H29FO2/c1-2-3-4-5-6-7-14-21-15-8-9-18(20)16-10-12-17(19)13-11-16/h10-13,18,20H,2-9,14-15H2,1H3. The second-order valence-corrected chi connectivity index (χ2v) is 5.59. The van der Waals surface area contributed by atoms with Crippen LogP contribution in [0.1, 0.15) is 70.0 Å². The first-order chi connectivity index (χ1) is 10.2. The summed E-state index contributed by atoms with van der Waals surface area (Å²) >= 11 is 0. The zero-order valence-electron chi connectivity index (χ0n) is 13.2. The molecule has 0 amide bonds. The molecule has 0 aliphatic rings. The van der Waals surface area contributed by atoms with Crippen molar-refractivity contribution in [2.24, 2.45) is 0 Å². The van der Waals surface area contributed by atoms with Gasteiger partial charge in [-0.1, -0.05) is 51.2 Å². The average molecular weight is 296 g/mol. The van der Waals surface area contributed by atoms with Crippen molar-refractivity contribution in [2.45, 2.75) is 64.4 Å². The highest BCUT2D eigenvalue weighted by molar-refractivity contribution is 5.18. The van der Waals surface area contributed by atoms with Crippen LogP contribution in [0.25, 0.3) is 0 Å². The van der Waals surface area contributed by atoms with Crippen molar-refractivity contribution in [3.63, 3.8) is 0 Å². The minimum Gasteiger partial charge on any atom is -0.388 e. The van der Waals surface area contributed by atoms with Crippen LogP contribution in [0.4, 0.5) is 4.39 Å². The number of hydrogen-bond acceptors (Lipinski definition) is 2. The Morgan fingerprint density at radius 3 is 2.29 bits per heavy atom. The molecule has 2 nitrogen and oxygen atoms in total. The Hall–Kier alpha value is -0.930. The van der Waals surface area contributed by atoms with Crippen molar-refractivity contribution in [1.29, 1.82) is 0 Å². The van der Waals surface area contributed by atoms with Gasteiger partial charge in [0.25, 0.3) is 0 Å². The van der Waals surface area contributed by atoms with Crippen molar-refractivity contribution in [3.8, 4) is 0 Å². The van der Waals surface area contributed by atoms with Gasteiger partial charge < -0.3 is 9.84 Å². The number of ether oxygens (including phenoxy) is 1. The normalized spacial score (nSPS) is 12.5. The Morgan fingerprint density at radius 2 is 1.57 bits per heavy atom. The van der Waals surface area contributed by atoms with Crippen molar-refractivity contribution in [2.75, 3.05) is 13.2 Å². The molecule has 0 radical (unpaired) electrons. The van der Waals surface area contributed by atoms with E-state index in [9.17, 15) is 9.50 Å². The van der Waals surface area contributed by atoms with Crippen LogP contribution in [0.5, 0.6) is 0 Å². The first kappa shape index (κ1) is 18.1. The molecule has 0 bridgehead atoms. The van der Waals surface area contributed by atoms with Crippen LogP contribution in [0, 0.1) is 5.82 Å². The van der Waals surface area contributed by atoms with Crippen LogP contribution in [0.3, 0.4) is 0 Å². The van der Waals surface area contributed by atoms with Gasteiger partial charge in [-0.2, -0.15) is 0 Å². The molecular weight excluding hydrogens is 267 g/mol. The van der Waals surface area contributed by atoms with E-state index in [1.165, 1.54) is 44.2 Å². The summed E-state index contributed by atoms with van der Waals surface area (Å²) < 4.78 is 18.3. The number of unbranched alkanes of at least 4 members (excludes halogenated alkanes) is 5. The van der Waals surface area contributed by atoms with Crippen molar-refractivity contribution < 1.29 is 14.2 Å². The van der Waals surface area contributed by atoms with Gasteiger partial charge in [-0.25, -0.2) is 4.39 Å². The molecule has 0 saturated carbocycles. The van der Waals surface area contributed by atoms with Crippen LogP contribution in [0.2, 0.25) is 0 Å². The molecule has 0 aliphatic carbocycles. The molecule has 0 aliphatic heterocycles. The minimum atomic E-state index is -0.525. The van der Waals surface area contributed by atoms with Crippen LogP contribution >= 0.6 is 0 Å². The van der Waals surface area contributed by atoms with Crippen LogP contribution < -0.4 is 0 Å². The zero-order chi connectivity index (χ0) is 15.3. The molecule has 0 heterocycles. The molecule has 1 atom stereocenters. The van der Waals surface area contributed by atoms with Crippen LogP contribution in [0.15, 0.2) is 24.3 Å². The van der Waals surface area contributed by atoms with Crippen molar-refractivity contribution in [1.82, 2.24) is 0 Å². The molecule has 21 heavy (non-hydrogen) atoms. The Kier molecular flexibility index (Phi) is 10.1. The molecule has 0 saturated heterocycles. The summed E-state index contributed by atoms with van der Waals surface area (Å²) in [7, 11) is 0. The van der Waals surface area contributed by atoms with Crippen LogP contribution in [-0.4, -0.2) is 18.3 Å². The topological polar surface area (TPSA) is 29.5 Å². The van der Waals surface area contributed by atoms with E-state index in [-0.39, 0.29) is 5.82 Å². The number of aliphatic hydroxyl groups is 1. The summed E-state index contributed by atoms with van der Waals surface area (Å²) in [6.45, 7) is 3.73. The smallest absolute Gasteiger partial charge is 0.123 e. The molecule has 1 aromatic rings. The molecule has 0 fully saturated rings. The largest absolute Gasteiger partial charge is 0.388 e. The summed E-state index contributed by atoms with van der Waals surface area (Å²) in [4.78, 5) is 0. The fourth-order valence-electron chi connectivity index (χ4n) is 2.32. The summed E-state index contributed by atoms with van der Waals surface area (Å²) in [6.07, 6.45) is 8.60.